The Kier molecular flexibility index (Phi) is 7.22. The van der Waals surface area contributed by atoms with Gasteiger partial charge in [0.25, 0.3) is 0 Å². The van der Waals surface area contributed by atoms with Gasteiger partial charge >= 0.3 is 0 Å². The van der Waals surface area contributed by atoms with Crippen LogP contribution in [0.25, 0.3) is 0 Å². The lowest BCUT2D eigenvalue weighted by molar-refractivity contribution is 0.0293. The van der Waals surface area contributed by atoms with Crippen molar-refractivity contribution in [3.8, 4) is 0 Å². The van der Waals surface area contributed by atoms with Crippen molar-refractivity contribution in [2.24, 2.45) is 22.9 Å². The molecule has 6 atom stereocenters. The van der Waals surface area contributed by atoms with Gasteiger partial charge in [-0.25, -0.2) is 0 Å². The summed E-state index contributed by atoms with van der Waals surface area (Å²) in [5.74, 6) is -0.327. The normalized spacial score (nSPS) is 25.4. The van der Waals surface area contributed by atoms with Gasteiger partial charge in [0.05, 0.1) is 5.71 Å². The number of fused-ring (bicyclic) bond motifs is 5. The topological polar surface area (TPSA) is 55.7 Å². The summed E-state index contributed by atoms with van der Waals surface area (Å²) in [6.45, 7) is 0. The van der Waals surface area contributed by atoms with Gasteiger partial charge in [0.2, 0.25) is 0 Å². The lowest BCUT2D eigenvalue weighted by Crippen LogP contribution is -2.50. The van der Waals surface area contributed by atoms with Gasteiger partial charge in [-0.1, -0.05) is 156 Å². The molecule has 1 aliphatic heterocycles. The highest BCUT2D eigenvalue weighted by Gasteiger charge is 2.70. The molecule has 0 radical (unpaired) electrons. The lowest BCUT2D eigenvalue weighted by Gasteiger charge is -2.44. The molecule has 0 N–H and O–H groups in total. The van der Waals surface area contributed by atoms with Crippen LogP contribution < -0.4 is 21.2 Å². The SMILES string of the molecule is O=P(c1ccccc1)(c1ccccc1)[C@@H]1[C@H]2C[C@@H]([C@@H]3C(c4ccccc4Cl)=NO[C@H]23)[C@H]1P(=O)(c1ccccc1)c1ccccc1. The maximum atomic E-state index is 16.4. The molecule has 7 heteroatoms. The third-order valence-corrected chi connectivity index (χ3v) is 18.1. The molecule has 2 aliphatic carbocycles. The van der Waals surface area contributed by atoms with Crippen molar-refractivity contribution >= 4 is 52.8 Å². The minimum Gasteiger partial charge on any atom is -0.391 e. The summed E-state index contributed by atoms with van der Waals surface area (Å²) in [6, 6.07) is 47.0. The van der Waals surface area contributed by atoms with E-state index in [0.29, 0.717) is 5.02 Å². The fraction of sp³-hybridized carbons (Fsp3) is 0.184. The lowest BCUT2D eigenvalue weighted by atomic mass is 9.80. The number of benzene rings is 5. The van der Waals surface area contributed by atoms with Crippen LogP contribution in [-0.2, 0) is 14.0 Å². The zero-order valence-corrected chi connectivity index (χ0v) is 27.0. The molecular formula is C38H32ClNO3P2. The van der Waals surface area contributed by atoms with E-state index < -0.39 is 25.6 Å². The van der Waals surface area contributed by atoms with Crippen molar-refractivity contribution in [1.29, 1.82) is 0 Å². The summed E-state index contributed by atoms with van der Waals surface area (Å²) < 4.78 is 32.7. The second kappa shape index (κ2) is 11.3. The van der Waals surface area contributed by atoms with E-state index in [1.165, 1.54) is 0 Å². The molecule has 5 aromatic rings. The van der Waals surface area contributed by atoms with Gasteiger partial charge < -0.3 is 14.0 Å². The predicted molar refractivity (Wildman–Crippen MR) is 185 cm³/mol. The van der Waals surface area contributed by atoms with Crippen molar-refractivity contribution < 1.29 is 14.0 Å². The second-order valence-corrected chi connectivity index (χ2v) is 18.6. The standard InChI is InChI=1S/C38H32ClNO3P2/c39-33-24-14-13-23-30(33)35-34-31-25-32(36(34)43-40-35)38(45(42,28-19-9-3-10-20-28)29-21-11-4-12-22-29)37(31)44(41,26-15-5-1-6-16-26)27-17-7-2-8-18-27/h1-24,31-32,34,36-38H,25H2/t31-,32-,34+,36+,37+,38+/m0/s1. The summed E-state index contributed by atoms with van der Waals surface area (Å²) >= 11 is 6.74. The van der Waals surface area contributed by atoms with Gasteiger partial charge in [-0.05, 0) is 18.4 Å². The Bertz CT molecular complexity index is 1880. The van der Waals surface area contributed by atoms with Crippen molar-refractivity contribution in [3.05, 3.63) is 156 Å². The quantitative estimate of drug-likeness (QED) is 0.172. The van der Waals surface area contributed by atoms with Gasteiger partial charge in [0, 0.05) is 55.0 Å². The van der Waals surface area contributed by atoms with Crippen LogP contribution in [0.5, 0.6) is 0 Å². The van der Waals surface area contributed by atoms with E-state index in [4.69, 9.17) is 16.4 Å². The fourth-order valence-electron chi connectivity index (χ4n) is 8.43. The average molecular weight is 648 g/mol. The number of hydrogen-bond donors (Lipinski definition) is 0. The van der Waals surface area contributed by atoms with E-state index in [-0.39, 0.29) is 23.9 Å². The van der Waals surface area contributed by atoms with Crippen LogP contribution in [0.2, 0.25) is 5.02 Å². The predicted octanol–water partition coefficient (Wildman–Crippen LogP) is 7.47. The molecule has 1 heterocycles. The number of hydrogen-bond acceptors (Lipinski definition) is 4. The number of oxime groups is 1. The first-order valence-corrected chi connectivity index (χ1v) is 19.4. The van der Waals surface area contributed by atoms with Gasteiger partial charge in [0.1, 0.15) is 20.4 Å². The molecule has 4 nitrogen and oxygen atoms in total. The number of rotatable bonds is 7. The fourth-order valence-corrected chi connectivity index (χ4v) is 17.2. The van der Waals surface area contributed by atoms with Crippen LogP contribution in [0.15, 0.2) is 151 Å². The molecule has 2 fully saturated rings. The van der Waals surface area contributed by atoms with Crippen LogP contribution >= 0.6 is 25.9 Å². The highest BCUT2D eigenvalue weighted by atomic mass is 35.5. The Labute approximate surface area is 268 Å². The Morgan fingerprint density at radius 2 is 0.956 bits per heavy atom. The second-order valence-electron chi connectivity index (χ2n) is 12.3. The first-order chi connectivity index (χ1) is 22.0. The summed E-state index contributed by atoms with van der Waals surface area (Å²) in [5, 5.41) is 8.44. The summed E-state index contributed by atoms with van der Waals surface area (Å²) in [5.41, 5.74) is 0.802. The minimum atomic E-state index is -3.40. The van der Waals surface area contributed by atoms with Crippen LogP contribution in [-0.4, -0.2) is 23.1 Å². The maximum Gasteiger partial charge on any atom is 0.147 e. The molecule has 45 heavy (non-hydrogen) atoms. The molecule has 0 unspecified atom stereocenters. The van der Waals surface area contributed by atoms with Crippen LogP contribution in [0.3, 0.4) is 0 Å². The van der Waals surface area contributed by atoms with Crippen molar-refractivity contribution in [1.82, 2.24) is 0 Å². The molecule has 224 valence electrons. The highest BCUT2D eigenvalue weighted by molar-refractivity contribution is 7.83. The van der Waals surface area contributed by atoms with E-state index in [1.807, 2.05) is 146 Å². The average Bonchev–Trinajstić information content (AvgIpc) is 3.82. The largest absolute Gasteiger partial charge is 0.391 e. The van der Waals surface area contributed by atoms with E-state index in [9.17, 15) is 0 Å². The molecule has 2 bridgehead atoms. The molecule has 0 aromatic heterocycles. The third-order valence-electron chi connectivity index (χ3n) is 10.1. The molecule has 8 rings (SSSR count). The van der Waals surface area contributed by atoms with Gasteiger partial charge in [-0.3, -0.25) is 0 Å². The van der Waals surface area contributed by atoms with Gasteiger partial charge in [0.15, 0.2) is 0 Å². The van der Waals surface area contributed by atoms with Crippen molar-refractivity contribution in [2.45, 2.75) is 23.8 Å². The molecule has 0 spiro atoms. The van der Waals surface area contributed by atoms with E-state index in [0.717, 1.165) is 38.9 Å². The van der Waals surface area contributed by atoms with Gasteiger partial charge in [-0.15, -0.1) is 0 Å². The Balaban J connectivity index is 1.40. The van der Waals surface area contributed by atoms with E-state index in [1.54, 1.807) is 0 Å². The van der Waals surface area contributed by atoms with E-state index >= 15 is 9.13 Å². The molecule has 3 aliphatic rings. The van der Waals surface area contributed by atoms with E-state index in [2.05, 4.69) is 5.16 Å². The van der Waals surface area contributed by atoms with Gasteiger partial charge in [-0.2, -0.15) is 0 Å². The van der Waals surface area contributed by atoms with Crippen LogP contribution in [0, 0.1) is 17.8 Å². The number of nitrogens with zero attached hydrogens (tertiary/aromatic N) is 1. The third kappa shape index (κ3) is 4.38. The zero-order valence-electron chi connectivity index (χ0n) is 24.5. The molecule has 0 amide bonds. The molecular weight excluding hydrogens is 616 g/mol. The van der Waals surface area contributed by atoms with Crippen LogP contribution in [0.1, 0.15) is 12.0 Å². The Morgan fingerprint density at radius 1 is 0.556 bits per heavy atom. The molecule has 0 saturated heterocycles. The zero-order chi connectivity index (χ0) is 30.6. The summed E-state index contributed by atoms with van der Waals surface area (Å²) in [7, 11) is -6.79. The van der Waals surface area contributed by atoms with Crippen LogP contribution in [0.4, 0.5) is 0 Å². The molecule has 2 saturated carbocycles. The summed E-state index contributed by atoms with van der Waals surface area (Å²) in [4.78, 5) is 6.32. The number of halogens is 1. The maximum absolute atomic E-state index is 16.4. The smallest absolute Gasteiger partial charge is 0.147 e. The Morgan fingerprint density at radius 3 is 1.40 bits per heavy atom. The van der Waals surface area contributed by atoms with Crippen molar-refractivity contribution in [2.75, 3.05) is 0 Å². The summed E-state index contributed by atoms with van der Waals surface area (Å²) in [6.07, 6.45) is 0.477. The monoisotopic (exact) mass is 647 g/mol. The first kappa shape index (κ1) is 28.8. The minimum absolute atomic E-state index is 0.0884. The Hall–Kier alpha value is -3.68. The highest BCUT2D eigenvalue weighted by Crippen LogP contribution is 2.73. The van der Waals surface area contributed by atoms with Crippen molar-refractivity contribution in [3.63, 3.8) is 0 Å². The first-order valence-electron chi connectivity index (χ1n) is 15.4. The molecule has 5 aromatic carbocycles.